The van der Waals surface area contributed by atoms with E-state index in [2.05, 4.69) is 14.9 Å². The van der Waals surface area contributed by atoms with Gasteiger partial charge in [0.1, 0.15) is 5.82 Å². The summed E-state index contributed by atoms with van der Waals surface area (Å²) in [5.41, 5.74) is 0.318. The number of ketones is 1. The molecule has 8 nitrogen and oxygen atoms in total. The summed E-state index contributed by atoms with van der Waals surface area (Å²) in [6.45, 7) is 11.7. The van der Waals surface area contributed by atoms with Crippen LogP contribution in [0.25, 0.3) is 0 Å². The number of ether oxygens (including phenoxy) is 2. The third kappa shape index (κ3) is 6.36. The molecule has 1 saturated carbocycles. The molecule has 0 bridgehead atoms. The predicted molar refractivity (Wildman–Crippen MR) is 151 cm³/mol. The molecule has 0 radical (unpaired) electrons. The number of pyridine rings is 2. The van der Waals surface area contributed by atoms with E-state index in [1.54, 1.807) is 19.4 Å². The largest absolute Gasteiger partial charge is 0.481 e. The van der Waals surface area contributed by atoms with Crippen LogP contribution in [0.15, 0.2) is 30.5 Å². The summed E-state index contributed by atoms with van der Waals surface area (Å²) in [4.78, 5) is 36.6. The maximum absolute atomic E-state index is 13.3. The molecule has 3 heterocycles. The van der Waals surface area contributed by atoms with Crippen molar-refractivity contribution in [3.8, 4) is 11.8 Å². The average molecular weight is 538 g/mol. The number of anilines is 1. The molecule has 1 saturated heterocycles. The van der Waals surface area contributed by atoms with E-state index in [1.165, 1.54) is 0 Å². The van der Waals surface area contributed by atoms with Gasteiger partial charge in [0, 0.05) is 42.8 Å². The molecule has 0 amide bonds. The average Bonchev–Trinajstić information content (AvgIpc) is 3.76. The predicted octanol–water partition coefficient (Wildman–Crippen LogP) is 6.00. The molecule has 39 heavy (non-hydrogen) atoms. The van der Waals surface area contributed by atoms with Gasteiger partial charge in [-0.05, 0) is 75.5 Å². The Hall–Kier alpha value is -3.16. The Morgan fingerprint density at radius 3 is 2.36 bits per heavy atom. The van der Waals surface area contributed by atoms with Crippen LogP contribution in [0.5, 0.6) is 11.8 Å². The van der Waals surface area contributed by atoms with Crippen LogP contribution in [-0.4, -0.2) is 53.6 Å². The molecule has 2 aromatic rings. The minimum Gasteiger partial charge on any atom is -0.481 e. The number of aromatic nitrogens is 2. The topological polar surface area (TPSA) is 102 Å². The zero-order valence-corrected chi connectivity index (χ0v) is 24.2. The van der Waals surface area contributed by atoms with E-state index in [9.17, 15) is 14.7 Å². The second-order valence-electron chi connectivity index (χ2n) is 12.3. The fourth-order valence-corrected chi connectivity index (χ4v) is 5.54. The van der Waals surface area contributed by atoms with Crippen molar-refractivity contribution in [1.82, 2.24) is 9.97 Å². The van der Waals surface area contributed by atoms with E-state index in [-0.39, 0.29) is 11.7 Å². The number of aliphatic carboxylic acids is 1. The Morgan fingerprint density at radius 1 is 1.08 bits per heavy atom. The van der Waals surface area contributed by atoms with Gasteiger partial charge in [0.05, 0.1) is 24.7 Å². The van der Waals surface area contributed by atoms with Gasteiger partial charge in [-0.15, -0.1) is 0 Å². The first-order valence-corrected chi connectivity index (χ1v) is 14.1. The number of hydrogen-bond donors (Lipinski definition) is 1. The molecule has 4 rings (SSSR count). The first-order chi connectivity index (χ1) is 18.5. The number of rotatable bonds is 12. The number of carbonyl (C=O) groups is 2. The normalized spacial score (nSPS) is 17.5. The Morgan fingerprint density at radius 2 is 1.77 bits per heavy atom. The van der Waals surface area contributed by atoms with Crippen LogP contribution in [0, 0.1) is 22.7 Å². The van der Waals surface area contributed by atoms with Gasteiger partial charge >= 0.3 is 5.97 Å². The van der Waals surface area contributed by atoms with E-state index in [0.29, 0.717) is 41.6 Å². The Bertz CT molecular complexity index is 1180. The van der Waals surface area contributed by atoms with E-state index in [4.69, 9.17) is 9.47 Å². The third-order valence-corrected chi connectivity index (χ3v) is 8.72. The highest BCUT2D eigenvalue weighted by Gasteiger charge is 2.46. The molecule has 212 valence electrons. The molecule has 2 aliphatic rings. The van der Waals surface area contributed by atoms with Crippen LogP contribution in [-0.2, 0) is 4.79 Å². The minimum atomic E-state index is -0.854. The zero-order valence-electron chi connectivity index (χ0n) is 24.2. The number of carbonyl (C=O) groups excluding carboxylic acids is 1. The summed E-state index contributed by atoms with van der Waals surface area (Å²) >= 11 is 0. The van der Waals surface area contributed by atoms with Crippen molar-refractivity contribution < 1.29 is 24.2 Å². The van der Waals surface area contributed by atoms with Gasteiger partial charge in [-0.25, -0.2) is 4.98 Å². The van der Waals surface area contributed by atoms with Crippen LogP contribution in [0.4, 0.5) is 5.82 Å². The quantitative estimate of drug-likeness (QED) is 0.329. The molecule has 8 heteroatoms. The molecule has 1 unspecified atom stereocenters. The molecule has 0 spiro atoms. The number of methoxy groups -OCH3 is 1. The summed E-state index contributed by atoms with van der Waals surface area (Å²) in [7, 11) is 1.59. The summed E-state index contributed by atoms with van der Waals surface area (Å²) in [5.74, 6) is 1.74. The van der Waals surface area contributed by atoms with Gasteiger partial charge in [-0.2, -0.15) is 4.98 Å². The van der Waals surface area contributed by atoms with Crippen molar-refractivity contribution in [3.63, 3.8) is 0 Å². The van der Waals surface area contributed by atoms with E-state index in [1.807, 2.05) is 52.8 Å². The van der Waals surface area contributed by atoms with Crippen LogP contribution in [0.1, 0.15) is 88.6 Å². The summed E-state index contributed by atoms with van der Waals surface area (Å²) in [5, 5.41) is 9.84. The Labute approximate surface area is 232 Å². The lowest BCUT2D eigenvalue weighted by Gasteiger charge is -2.34. The molecular formula is C31H43N3O5. The van der Waals surface area contributed by atoms with Crippen molar-refractivity contribution in [3.05, 3.63) is 41.6 Å². The van der Waals surface area contributed by atoms with Gasteiger partial charge in [-0.1, -0.05) is 20.8 Å². The lowest BCUT2D eigenvalue weighted by Crippen LogP contribution is -2.37. The highest BCUT2D eigenvalue weighted by atomic mass is 16.5. The number of Topliss-reactive ketones (excluding diaryl/α,β-unsaturated/α-hetero) is 1. The second-order valence-corrected chi connectivity index (χ2v) is 12.3. The number of carboxylic acids is 1. The van der Waals surface area contributed by atoms with Gasteiger partial charge in [0.2, 0.25) is 11.8 Å². The van der Waals surface area contributed by atoms with Crippen molar-refractivity contribution in [2.24, 2.45) is 22.7 Å². The maximum atomic E-state index is 13.3. The monoisotopic (exact) mass is 537 g/mol. The Balaban J connectivity index is 1.41. The number of piperidine rings is 1. The van der Waals surface area contributed by atoms with Gasteiger partial charge in [0.15, 0.2) is 5.78 Å². The zero-order chi connectivity index (χ0) is 28.4. The summed E-state index contributed by atoms with van der Waals surface area (Å²) < 4.78 is 11.5. The molecule has 1 atom stereocenters. The van der Waals surface area contributed by atoms with Crippen molar-refractivity contribution >= 4 is 17.6 Å². The number of carboxylic acid groups (broad SMARTS) is 1. The highest BCUT2D eigenvalue weighted by molar-refractivity contribution is 6.04. The fourth-order valence-electron chi connectivity index (χ4n) is 5.54. The Kier molecular flexibility index (Phi) is 8.52. The lowest BCUT2D eigenvalue weighted by atomic mass is 9.72. The molecule has 2 fully saturated rings. The molecule has 2 aromatic heterocycles. The molecular weight excluding hydrogens is 494 g/mol. The van der Waals surface area contributed by atoms with Gasteiger partial charge < -0.3 is 19.5 Å². The smallest absolute Gasteiger partial charge is 0.309 e. The van der Waals surface area contributed by atoms with Crippen molar-refractivity contribution in [1.29, 1.82) is 0 Å². The third-order valence-electron chi connectivity index (χ3n) is 8.72. The fraction of sp³-hybridized carbons (Fsp3) is 0.613. The first-order valence-electron chi connectivity index (χ1n) is 14.1. The van der Waals surface area contributed by atoms with E-state index in [0.717, 1.165) is 50.8 Å². The van der Waals surface area contributed by atoms with Crippen LogP contribution >= 0.6 is 0 Å². The van der Waals surface area contributed by atoms with Crippen molar-refractivity contribution in [2.45, 2.75) is 72.6 Å². The van der Waals surface area contributed by atoms with Crippen LogP contribution < -0.4 is 14.4 Å². The highest BCUT2D eigenvalue weighted by Crippen LogP contribution is 2.52. The standard InChI is InChI=1S/C31H43N3O5/c1-7-30(2,3)27(35)23-10-11-24(38-6)33-28(23)34-16-13-20(14-17-34)19-39-25-18-22(12-15-32-25)26(21-8-9-21)31(4,5)29(36)37/h10-12,15,18,20-21,26H,7-9,13-14,16-17,19H2,1-6H3,(H,36,37). The lowest BCUT2D eigenvalue weighted by molar-refractivity contribution is -0.148. The molecule has 1 N–H and O–H groups in total. The number of nitrogens with zero attached hydrogens (tertiary/aromatic N) is 3. The first kappa shape index (κ1) is 28.8. The van der Waals surface area contributed by atoms with E-state index >= 15 is 0 Å². The summed E-state index contributed by atoms with van der Waals surface area (Å²) in [6.07, 6.45) is 6.40. The van der Waals surface area contributed by atoms with Gasteiger partial charge in [-0.3, -0.25) is 9.59 Å². The second kappa shape index (κ2) is 11.5. The van der Waals surface area contributed by atoms with Crippen LogP contribution in [0.2, 0.25) is 0 Å². The molecule has 1 aliphatic carbocycles. The maximum Gasteiger partial charge on any atom is 0.309 e. The SMILES string of the molecule is CCC(C)(C)C(=O)c1ccc(OC)nc1N1CCC(COc2cc(C(C3CC3)C(C)(C)C(=O)O)ccn2)CC1. The van der Waals surface area contributed by atoms with Gasteiger partial charge in [0.25, 0.3) is 0 Å². The minimum absolute atomic E-state index is 0.0615. The number of hydrogen-bond acceptors (Lipinski definition) is 7. The molecule has 1 aliphatic heterocycles. The van der Waals surface area contributed by atoms with Crippen molar-refractivity contribution in [2.75, 3.05) is 31.7 Å². The van der Waals surface area contributed by atoms with E-state index < -0.39 is 16.8 Å². The summed E-state index contributed by atoms with van der Waals surface area (Å²) in [6, 6.07) is 7.46. The van der Waals surface area contributed by atoms with Crippen LogP contribution in [0.3, 0.4) is 0 Å². The molecule has 0 aromatic carbocycles.